The average molecular weight is 301 g/mol. The van der Waals surface area contributed by atoms with Crippen LogP contribution < -0.4 is 4.74 Å². The zero-order valence-corrected chi connectivity index (χ0v) is 11.2. The van der Waals surface area contributed by atoms with Crippen molar-refractivity contribution < 1.29 is 19.1 Å². The molecule has 0 bridgehead atoms. The van der Waals surface area contributed by atoms with Crippen LogP contribution in [0.15, 0.2) is 24.3 Å². The van der Waals surface area contributed by atoms with Crippen molar-refractivity contribution in [2.75, 3.05) is 13.7 Å². The Morgan fingerprint density at radius 3 is 2.59 bits per heavy atom. The number of ether oxygens (including phenoxy) is 2. The molecule has 0 saturated heterocycles. The van der Waals surface area contributed by atoms with E-state index < -0.39 is 10.8 Å². The molecular weight excluding hydrogens is 288 g/mol. The fourth-order valence-corrected chi connectivity index (χ4v) is 1.69. The summed E-state index contributed by atoms with van der Waals surface area (Å²) >= 11 is 3.03. The highest BCUT2D eigenvalue weighted by atomic mass is 79.9. The van der Waals surface area contributed by atoms with E-state index >= 15 is 0 Å². The molecule has 0 fully saturated rings. The summed E-state index contributed by atoms with van der Waals surface area (Å²) in [7, 11) is 1.47. The molecule has 0 heterocycles. The summed E-state index contributed by atoms with van der Waals surface area (Å²) in [6, 6.07) is 6.73. The summed E-state index contributed by atoms with van der Waals surface area (Å²) < 4.78 is 9.83. The highest BCUT2D eigenvalue weighted by Gasteiger charge is 2.27. The van der Waals surface area contributed by atoms with Crippen LogP contribution in [-0.2, 0) is 9.53 Å². The summed E-state index contributed by atoms with van der Waals surface area (Å²) in [6.07, 6.45) is 0. The Labute approximate surface area is 108 Å². The molecular formula is C12H13BrO4. The normalized spacial score (nSPS) is 11.7. The topological polar surface area (TPSA) is 52.6 Å². The van der Waals surface area contributed by atoms with E-state index in [-0.39, 0.29) is 12.4 Å². The molecule has 0 aliphatic heterocycles. The summed E-state index contributed by atoms with van der Waals surface area (Å²) in [4.78, 5) is 22.4. The van der Waals surface area contributed by atoms with Gasteiger partial charge in [-0.3, -0.25) is 9.59 Å². The van der Waals surface area contributed by atoms with E-state index in [9.17, 15) is 9.59 Å². The fourth-order valence-electron chi connectivity index (χ4n) is 1.31. The highest BCUT2D eigenvalue weighted by molar-refractivity contribution is 9.10. The van der Waals surface area contributed by atoms with Crippen LogP contribution in [0.25, 0.3) is 0 Å². The van der Waals surface area contributed by atoms with Gasteiger partial charge in [0.1, 0.15) is 5.75 Å². The van der Waals surface area contributed by atoms with Gasteiger partial charge >= 0.3 is 5.97 Å². The molecule has 0 N–H and O–H groups in total. The van der Waals surface area contributed by atoms with Crippen LogP contribution in [0, 0.1) is 0 Å². The summed E-state index contributed by atoms with van der Waals surface area (Å²) in [6.45, 7) is 1.92. The van der Waals surface area contributed by atoms with Gasteiger partial charge in [-0.2, -0.15) is 0 Å². The average Bonchev–Trinajstić information content (AvgIpc) is 2.37. The SMILES string of the molecule is CCOC(=O)C(Br)C(=O)c1ccccc1OC. The zero-order valence-electron chi connectivity index (χ0n) is 9.60. The number of methoxy groups -OCH3 is 1. The van der Waals surface area contributed by atoms with Crippen LogP contribution in [0.5, 0.6) is 5.75 Å². The summed E-state index contributed by atoms with van der Waals surface area (Å²) in [5.74, 6) is -0.532. The van der Waals surface area contributed by atoms with Gasteiger partial charge in [0.05, 0.1) is 19.3 Å². The molecule has 1 aromatic rings. The second-order valence-electron chi connectivity index (χ2n) is 3.18. The monoisotopic (exact) mass is 300 g/mol. The van der Waals surface area contributed by atoms with Crippen molar-refractivity contribution in [2.45, 2.75) is 11.8 Å². The van der Waals surface area contributed by atoms with Crippen LogP contribution in [0.3, 0.4) is 0 Å². The molecule has 1 rings (SSSR count). The van der Waals surface area contributed by atoms with Crippen molar-refractivity contribution in [3.63, 3.8) is 0 Å². The number of ketones is 1. The number of esters is 1. The van der Waals surface area contributed by atoms with Gasteiger partial charge in [0.25, 0.3) is 0 Å². The van der Waals surface area contributed by atoms with Crippen molar-refractivity contribution in [2.24, 2.45) is 0 Å². The molecule has 0 amide bonds. The Kier molecular flexibility index (Phi) is 5.15. The minimum atomic E-state index is -1.00. The molecule has 5 heteroatoms. The fraction of sp³-hybridized carbons (Fsp3) is 0.333. The van der Waals surface area contributed by atoms with Crippen molar-refractivity contribution in [1.82, 2.24) is 0 Å². The van der Waals surface area contributed by atoms with Crippen LogP contribution in [0.1, 0.15) is 17.3 Å². The number of rotatable bonds is 5. The maximum atomic E-state index is 12.0. The molecule has 1 unspecified atom stereocenters. The Morgan fingerprint density at radius 1 is 1.35 bits per heavy atom. The van der Waals surface area contributed by atoms with Crippen LogP contribution >= 0.6 is 15.9 Å². The smallest absolute Gasteiger partial charge is 0.327 e. The molecule has 0 saturated carbocycles. The largest absolute Gasteiger partial charge is 0.496 e. The van der Waals surface area contributed by atoms with Crippen molar-refractivity contribution >= 4 is 27.7 Å². The van der Waals surface area contributed by atoms with Gasteiger partial charge in [-0.05, 0) is 19.1 Å². The molecule has 1 aromatic carbocycles. The minimum absolute atomic E-state index is 0.236. The second-order valence-corrected chi connectivity index (χ2v) is 4.09. The lowest BCUT2D eigenvalue weighted by atomic mass is 10.1. The number of carbonyl (C=O) groups excluding carboxylic acids is 2. The van der Waals surface area contributed by atoms with Gasteiger partial charge in [-0.25, -0.2) is 0 Å². The lowest BCUT2D eigenvalue weighted by Crippen LogP contribution is -2.26. The summed E-state index contributed by atoms with van der Waals surface area (Å²) in [5, 5.41) is 0. The molecule has 0 radical (unpaired) electrons. The summed E-state index contributed by atoms with van der Waals surface area (Å²) in [5.41, 5.74) is 0.352. The maximum Gasteiger partial charge on any atom is 0.327 e. The van der Waals surface area contributed by atoms with Crippen LogP contribution in [0.4, 0.5) is 0 Å². The van der Waals surface area contributed by atoms with Gasteiger partial charge in [0.15, 0.2) is 10.6 Å². The first-order valence-corrected chi connectivity index (χ1v) is 6.01. The molecule has 0 aliphatic rings. The molecule has 0 spiro atoms. The van der Waals surface area contributed by atoms with E-state index in [1.807, 2.05) is 0 Å². The lowest BCUT2D eigenvalue weighted by molar-refractivity contribution is -0.141. The number of para-hydroxylation sites is 1. The number of Topliss-reactive ketones (excluding diaryl/α,β-unsaturated/α-hetero) is 1. The predicted molar refractivity (Wildman–Crippen MR) is 66.7 cm³/mol. The van der Waals surface area contributed by atoms with E-state index in [0.717, 1.165) is 0 Å². The van der Waals surface area contributed by atoms with E-state index in [4.69, 9.17) is 9.47 Å². The first-order valence-electron chi connectivity index (χ1n) is 5.09. The van der Waals surface area contributed by atoms with E-state index in [1.165, 1.54) is 7.11 Å². The Hall–Kier alpha value is -1.36. The van der Waals surface area contributed by atoms with Gasteiger partial charge in [-0.1, -0.05) is 28.1 Å². The third kappa shape index (κ3) is 3.30. The molecule has 0 aliphatic carbocycles. The first kappa shape index (κ1) is 13.7. The minimum Gasteiger partial charge on any atom is -0.496 e. The van der Waals surface area contributed by atoms with Crippen molar-refractivity contribution in [3.8, 4) is 5.75 Å². The quantitative estimate of drug-likeness (QED) is 0.362. The Balaban J connectivity index is 2.92. The Morgan fingerprint density at radius 2 is 2.00 bits per heavy atom. The standard InChI is InChI=1S/C12H13BrO4/c1-3-17-12(15)10(13)11(14)8-6-4-5-7-9(8)16-2/h4-7,10H,3H2,1-2H3. The lowest BCUT2D eigenvalue weighted by Gasteiger charge is -2.10. The number of hydrogen-bond acceptors (Lipinski definition) is 4. The van der Waals surface area contributed by atoms with Crippen molar-refractivity contribution in [3.05, 3.63) is 29.8 Å². The Bertz CT molecular complexity index is 417. The highest BCUT2D eigenvalue weighted by Crippen LogP contribution is 2.21. The molecule has 17 heavy (non-hydrogen) atoms. The van der Waals surface area contributed by atoms with Gasteiger partial charge in [0.2, 0.25) is 0 Å². The van der Waals surface area contributed by atoms with Crippen LogP contribution in [0.2, 0.25) is 0 Å². The molecule has 4 nitrogen and oxygen atoms in total. The van der Waals surface area contributed by atoms with Gasteiger partial charge < -0.3 is 9.47 Å². The molecule has 92 valence electrons. The number of alkyl halides is 1. The number of benzene rings is 1. The molecule has 0 aromatic heterocycles. The van der Waals surface area contributed by atoms with Gasteiger partial charge in [-0.15, -0.1) is 0 Å². The third-order valence-corrected chi connectivity index (χ3v) is 2.89. The first-order chi connectivity index (χ1) is 8.11. The maximum absolute atomic E-state index is 12.0. The number of carbonyl (C=O) groups is 2. The van der Waals surface area contributed by atoms with E-state index in [1.54, 1.807) is 31.2 Å². The zero-order chi connectivity index (χ0) is 12.8. The number of hydrogen-bond donors (Lipinski definition) is 0. The van der Waals surface area contributed by atoms with Crippen molar-refractivity contribution in [1.29, 1.82) is 0 Å². The molecule has 1 atom stereocenters. The van der Waals surface area contributed by atoms with E-state index in [2.05, 4.69) is 15.9 Å². The predicted octanol–water partition coefficient (Wildman–Crippen LogP) is 2.20. The van der Waals surface area contributed by atoms with E-state index in [0.29, 0.717) is 11.3 Å². The third-order valence-electron chi connectivity index (χ3n) is 2.10. The number of halogens is 1. The van der Waals surface area contributed by atoms with Crippen LogP contribution in [-0.4, -0.2) is 30.3 Å². The second kappa shape index (κ2) is 6.39. The van der Waals surface area contributed by atoms with Gasteiger partial charge in [0, 0.05) is 0 Å².